The van der Waals surface area contributed by atoms with Crippen LogP contribution in [-0.2, 0) is 13.0 Å². The number of pyridine rings is 1. The minimum absolute atomic E-state index is 0.590. The van der Waals surface area contributed by atoms with E-state index in [9.17, 15) is 0 Å². The molecule has 4 rings (SSSR count). The van der Waals surface area contributed by atoms with E-state index in [0.29, 0.717) is 12.4 Å². The third-order valence-corrected chi connectivity index (χ3v) is 3.52. The van der Waals surface area contributed by atoms with Crippen molar-refractivity contribution in [3.05, 3.63) is 54.6 Å². The quantitative estimate of drug-likeness (QED) is 0.715. The van der Waals surface area contributed by atoms with Crippen LogP contribution in [0.2, 0.25) is 0 Å². The van der Waals surface area contributed by atoms with E-state index in [1.165, 1.54) is 6.33 Å². The Morgan fingerprint density at radius 1 is 1.14 bits per heavy atom. The van der Waals surface area contributed by atoms with Gasteiger partial charge in [-0.1, -0.05) is 6.07 Å². The number of fused-ring (bicyclic) bond motifs is 1. The number of hydrogen-bond donors (Lipinski definition) is 0. The molecule has 0 saturated carbocycles. The Bertz CT molecular complexity index is 741. The van der Waals surface area contributed by atoms with Gasteiger partial charge in [-0.2, -0.15) is 0 Å². The maximum Gasteiger partial charge on any atom is 0.245 e. The van der Waals surface area contributed by atoms with Gasteiger partial charge in [0.25, 0.3) is 0 Å². The number of nitrogens with zero attached hydrogens (tertiary/aromatic N) is 5. The number of rotatable bonds is 2. The van der Waals surface area contributed by atoms with E-state index in [4.69, 9.17) is 4.42 Å². The van der Waals surface area contributed by atoms with Crippen LogP contribution in [0.4, 0.5) is 5.69 Å². The summed E-state index contributed by atoms with van der Waals surface area (Å²) in [5.41, 5.74) is 2.73. The molecule has 0 N–H and O–H groups in total. The molecule has 0 fully saturated rings. The van der Waals surface area contributed by atoms with Crippen molar-refractivity contribution in [3.8, 4) is 11.6 Å². The monoisotopic (exact) mass is 279 g/mol. The second-order valence-corrected chi connectivity index (χ2v) is 4.87. The van der Waals surface area contributed by atoms with E-state index in [0.717, 1.165) is 35.8 Å². The molecular weight excluding hydrogens is 266 g/mol. The van der Waals surface area contributed by atoms with Gasteiger partial charge in [-0.15, -0.1) is 0 Å². The predicted molar refractivity (Wildman–Crippen MR) is 76.5 cm³/mol. The molecule has 0 spiro atoms. The van der Waals surface area contributed by atoms with E-state index < -0.39 is 0 Å². The summed E-state index contributed by atoms with van der Waals surface area (Å²) in [6, 6.07) is 5.71. The molecule has 6 nitrogen and oxygen atoms in total. The maximum absolute atomic E-state index is 5.84. The molecule has 21 heavy (non-hydrogen) atoms. The fourth-order valence-electron chi connectivity index (χ4n) is 2.47. The van der Waals surface area contributed by atoms with Crippen molar-refractivity contribution in [1.29, 1.82) is 0 Å². The predicted octanol–water partition coefficient (Wildman–Crippen LogP) is 2.09. The summed E-state index contributed by atoms with van der Waals surface area (Å²) in [4.78, 5) is 19.2. The Kier molecular flexibility index (Phi) is 2.85. The lowest BCUT2D eigenvalue weighted by Crippen LogP contribution is -2.30. The first kappa shape index (κ1) is 12.0. The van der Waals surface area contributed by atoms with Crippen molar-refractivity contribution in [3.63, 3.8) is 0 Å². The minimum atomic E-state index is 0.590. The summed E-state index contributed by atoms with van der Waals surface area (Å²) in [5, 5.41) is 0. The number of oxazole rings is 1. The number of hydrogen-bond acceptors (Lipinski definition) is 6. The van der Waals surface area contributed by atoms with Crippen LogP contribution in [0, 0.1) is 0 Å². The molecule has 0 amide bonds. The van der Waals surface area contributed by atoms with Crippen LogP contribution in [-0.4, -0.2) is 26.5 Å². The molecule has 3 aromatic rings. The van der Waals surface area contributed by atoms with Gasteiger partial charge in [0, 0.05) is 19.2 Å². The smallest absolute Gasteiger partial charge is 0.245 e. The molecule has 0 aliphatic carbocycles. The standard InChI is InChI=1S/C15H13N5O/c1-2-5-18-12(3-1)15-19-13-9-20(6-4-14(13)21-15)11-7-16-10-17-8-11/h1-3,5,7-8,10H,4,6,9H2. The summed E-state index contributed by atoms with van der Waals surface area (Å²) in [5.74, 6) is 1.54. The van der Waals surface area contributed by atoms with Gasteiger partial charge in [-0.3, -0.25) is 4.98 Å². The summed E-state index contributed by atoms with van der Waals surface area (Å²) in [6.07, 6.45) is 7.74. The molecule has 3 aromatic heterocycles. The molecular formula is C15H13N5O. The first-order chi connectivity index (χ1) is 10.4. The van der Waals surface area contributed by atoms with Crippen LogP contribution in [0.1, 0.15) is 11.5 Å². The molecule has 104 valence electrons. The molecule has 1 aliphatic heterocycles. The SMILES string of the molecule is c1ccc(-c2nc3c(o2)CCN(c2cncnc2)C3)nc1. The van der Waals surface area contributed by atoms with Crippen molar-refractivity contribution in [1.82, 2.24) is 19.9 Å². The maximum atomic E-state index is 5.84. The van der Waals surface area contributed by atoms with E-state index in [1.54, 1.807) is 6.20 Å². The Labute approximate surface area is 121 Å². The van der Waals surface area contributed by atoms with E-state index in [1.807, 2.05) is 30.6 Å². The highest BCUT2D eigenvalue weighted by Gasteiger charge is 2.23. The zero-order valence-electron chi connectivity index (χ0n) is 11.3. The molecule has 6 heteroatoms. The molecule has 0 atom stereocenters. The molecule has 0 radical (unpaired) electrons. The Balaban J connectivity index is 1.63. The minimum Gasteiger partial charge on any atom is -0.439 e. The van der Waals surface area contributed by atoms with E-state index >= 15 is 0 Å². The third-order valence-electron chi connectivity index (χ3n) is 3.52. The highest BCUT2D eigenvalue weighted by atomic mass is 16.4. The summed E-state index contributed by atoms with van der Waals surface area (Å²) >= 11 is 0. The van der Waals surface area contributed by atoms with Crippen LogP contribution in [0.5, 0.6) is 0 Å². The van der Waals surface area contributed by atoms with Crippen LogP contribution >= 0.6 is 0 Å². The van der Waals surface area contributed by atoms with Crippen molar-refractivity contribution in [2.75, 3.05) is 11.4 Å². The summed E-state index contributed by atoms with van der Waals surface area (Å²) < 4.78 is 5.84. The number of aromatic nitrogens is 4. The van der Waals surface area contributed by atoms with Crippen LogP contribution in [0.3, 0.4) is 0 Å². The van der Waals surface area contributed by atoms with Gasteiger partial charge >= 0.3 is 0 Å². The van der Waals surface area contributed by atoms with Gasteiger partial charge in [-0.05, 0) is 12.1 Å². The normalized spacial score (nSPS) is 14.0. The molecule has 4 heterocycles. The molecule has 0 saturated heterocycles. The van der Waals surface area contributed by atoms with Gasteiger partial charge in [0.15, 0.2) is 0 Å². The Morgan fingerprint density at radius 2 is 2.05 bits per heavy atom. The first-order valence-electron chi connectivity index (χ1n) is 6.80. The van der Waals surface area contributed by atoms with Gasteiger partial charge in [-0.25, -0.2) is 15.0 Å². The highest BCUT2D eigenvalue weighted by Crippen LogP contribution is 2.27. The van der Waals surface area contributed by atoms with Crippen LogP contribution in [0.25, 0.3) is 11.6 Å². The second kappa shape index (κ2) is 4.97. The summed E-state index contributed by atoms with van der Waals surface area (Å²) in [7, 11) is 0. The fraction of sp³-hybridized carbons (Fsp3) is 0.200. The van der Waals surface area contributed by atoms with Gasteiger partial charge in [0.2, 0.25) is 5.89 Å². The van der Waals surface area contributed by atoms with Crippen LogP contribution < -0.4 is 4.90 Å². The largest absolute Gasteiger partial charge is 0.439 e. The summed E-state index contributed by atoms with van der Waals surface area (Å²) in [6.45, 7) is 1.58. The average molecular weight is 279 g/mol. The second-order valence-electron chi connectivity index (χ2n) is 4.87. The molecule has 0 bridgehead atoms. The van der Waals surface area contributed by atoms with Gasteiger partial charge < -0.3 is 9.32 Å². The van der Waals surface area contributed by atoms with Crippen LogP contribution in [0.15, 0.2) is 47.5 Å². The molecule has 1 aliphatic rings. The van der Waals surface area contributed by atoms with E-state index in [-0.39, 0.29) is 0 Å². The number of anilines is 1. The lowest BCUT2D eigenvalue weighted by molar-refractivity contribution is 0.498. The van der Waals surface area contributed by atoms with Crippen molar-refractivity contribution in [2.24, 2.45) is 0 Å². The lowest BCUT2D eigenvalue weighted by Gasteiger charge is -2.26. The first-order valence-corrected chi connectivity index (χ1v) is 6.80. The van der Waals surface area contributed by atoms with Crippen molar-refractivity contribution >= 4 is 5.69 Å². The van der Waals surface area contributed by atoms with Gasteiger partial charge in [0.1, 0.15) is 23.5 Å². The molecule has 0 aromatic carbocycles. The topological polar surface area (TPSA) is 67.9 Å². The molecule has 0 unspecified atom stereocenters. The zero-order chi connectivity index (χ0) is 14.1. The van der Waals surface area contributed by atoms with Crippen molar-refractivity contribution in [2.45, 2.75) is 13.0 Å². The fourth-order valence-corrected chi connectivity index (χ4v) is 2.47. The Hall–Kier alpha value is -2.76. The zero-order valence-corrected chi connectivity index (χ0v) is 11.3. The average Bonchev–Trinajstić information content (AvgIpc) is 2.99. The van der Waals surface area contributed by atoms with Gasteiger partial charge in [0.05, 0.1) is 24.6 Å². The Morgan fingerprint density at radius 3 is 2.86 bits per heavy atom. The third kappa shape index (κ3) is 2.24. The lowest BCUT2D eigenvalue weighted by atomic mass is 10.1. The van der Waals surface area contributed by atoms with Crippen molar-refractivity contribution < 1.29 is 4.42 Å². The highest BCUT2D eigenvalue weighted by molar-refractivity contribution is 5.49. The van der Waals surface area contributed by atoms with E-state index in [2.05, 4.69) is 24.8 Å².